The minimum absolute atomic E-state index is 0.288. The lowest BCUT2D eigenvalue weighted by molar-refractivity contribution is 0.264. The van der Waals surface area contributed by atoms with Gasteiger partial charge in [0.15, 0.2) is 0 Å². The summed E-state index contributed by atoms with van der Waals surface area (Å²) in [6.07, 6.45) is 4.00. The van der Waals surface area contributed by atoms with Crippen molar-refractivity contribution < 1.29 is 0 Å². The van der Waals surface area contributed by atoms with E-state index in [-0.39, 0.29) is 5.95 Å². The van der Waals surface area contributed by atoms with Crippen molar-refractivity contribution in [1.82, 2.24) is 14.9 Å². The summed E-state index contributed by atoms with van der Waals surface area (Å²) in [6, 6.07) is 10.6. The number of piperidine rings is 1. The first-order valence-electron chi connectivity index (χ1n) is 9.28. The molecule has 27 heavy (non-hydrogen) atoms. The van der Waals surface area contributed by atoms with Crippen molar-refractivity contribution in [3.8, 4) is 11.1 Å². The minimum Gasteiger partial charge on any atom is -0.380 e. The second-order valence-corrected chi connectivity index (χ2v) is 7.75. The SMILES string of the molecule is Cc1cccc(Cl)c1-c1cc(NC2CCN(C)CC2)c2nc(N)ncc2c1. The number of nitrogens with one attached hydrogen (secondary N) is 1. The number of fused-ring (bicyclic) bond motifs is 1. The Labute approximate surface area is 164 Å². The Morgan fingerprint density at radius 3 is 2.74 bits per heavy atom. The second kappa shape index (κ2) is 7.33. The molecule has 1 aromatic heterocycles. The minimum atomic E-state index is 0.288. The van der Waals surface area contributed by atoms with E-state index >= 15 is 0 Å². The highest BCUT2D eigenvalue weighted by molar-refractivity contribution is 6.33. The lowest BCUT2D eigenvalue weighted by atomic mass is 9.97. The van der Waals surface area contributed by atoms with Crippen molar-refractivity contribution >= 4 is 34.1 Å². The third-order valence-electron chi connectivity index (χ3n) is 5.29. The first-order chi connectivity index (χ1) is 13.0. The number of nitrogens with zero attached hydrogens (tertiary/aromatic N) is 3. The third kappa shape index (κ3) is 3.70. The molecular formula is C21H24ClN5. The van der Waals surface area contributed by atoms with Gasteiger partial charge >= 0.3 is 0 Å². The van der Waals surface area contributed by atoms with E-state index in [1.807, 2.05) is 12.1 Å². The monoisotopic (exact) mass is 381 g/mol. The smallest absolute Gasteiger partial charge is 0.220 e. The van der Waals surface area contributed by atoms with E-state index in [4.69, 9.17) is 17.3 Å². The maximum absolute atomic E-state index is 6.52. The number of aryl methyl sites for hydroxylation is 1. The Hall–Kier alpha value is -2.37. The molecule has 5 nitrogen and oxygen atoms in total. The van der Waals surface area contributed by atoms with Gasteiger partial charge < -0.3 is 16.0 Å². The van der Waals surface area contributed by atoms with Crippen LogP contribution in [0.15, 0.2) is 36.5 Å². The van der Waals surface area contributed by atoms with Gasteiger partial charge in [-0.3, -0.25) is 0 Å². The van der Waals surface area contributed by atoms with Gasteiger partial charge in [0.2, 0.25) is 5.95 Å². The van der Waals surface area contributed by atoms with Gasteiger partial charge in [-0.05, 0) is 69.2 Å². The van der Waals surface area contributed by atoms with E-state index in [9.17, 15) is 0 Å². The fourth-order valence-electron chi connectivity index (χ4n) is 3.78. The molecule has 0 spiro atoms. The highest BCUT2D eigenvalue weighted by atomic mass is 35.5. The number of nitrogen functional groups attached to an aromatic ring is 1. The van der Waals surface area contributed by atoms with Crippen LogP contribution in [0.1, 0.15) is 18.4 Å². The Morgan fingerprint density at radius 1 is 1.22 bits per heavy atom. The van der Waals surface area contributed by atoms with Crippen molar-refractivity contribution in [2.45, 2.75) is 25.8 Å². The molecule has 1 saturated heterocycles. The molecule has 3 aromatic rings. The average molecular weight is 382 g/mol. The third-order valence-corrected chi connectivity index (χ3v) is 5.61. The summed E-state index contributed by atoms with van der Waals surface area (Å²) in [5.41, 5.74) is 11.0. The predicted molar refractivity (Wildman–Crippen MR) is 113 cm³/mol. The van der Waals surface area contributed by atoms with Crippen LogP contribution < -0.4 is 11.1 Å². The van der Waals surface area contributed by atoms with Crippen molar-refractivity contribution in [3.63, 3.8) is 0 Å². The summed E-state index contributed by atoms with van der Waals surface area (Å²) in [4.78, 5) is 11.0. The molecule has 0 saturated carbocycles. The van der Waals surface area contributed by atoms with Crippen LogP contribution in [0.2, 0.25) is 5.02 Å². The number of likely N-dealkylation sites (tertiary alicyclic amines) is 1. The van der Waals surface area contributed by atoms with Gasteiger partial charge in [0, 0.05) is 28.2 Å². The molecule has 0 unspecified atom stereocenters. The van der Waals surface area contributed by atoms with Crippen LogP contribution in [0.4, 0.5) is 11.6 Å². The van der Waals surface area contributed by atoms with Gasteiger partial charge in [0.05, 0.1) is 11.2 Å². The molecule has 1 fully saturated rings. The topological polar surface area (TPSA) is 67.1 Å². The highest BCUT2D eigenvalue weighted by Crippen LogP contribution is 2.36. The van der Waals surface area contributed by atoms with Gasteiger partial charge in [-0.1, -0.05) is 23.7 Å². The van der Waals surface area contributed by atoms with E-state index in [1.54, 1.807) is 6.20 Å². The van der Waals surface area contributed by atoms with E-state index < -0.39 is 0 Å². The molecule has 0 radical (unpaired) electrons. The number of hydrogen-bond donors (Lipinski definition) is 2. The summed E-state index contributed by atoms with van der Waals surface area (Å²) < 4.78 is 0. The zero-order chi connectivity index (χ0) is 19.0. The largest absolute Gasteiger partial charge is 0.380 e. The Morgan fingerprint density at radius 2 is 2.00 bits per heavy atom. The van der Waals surface area contributed by atoms with Crippen LogP contribution >= 0.6 is 11.6 Å². The average Bonchev–Trinajstić information content (AvgIpc) is 2.64. The van der Waals surface area contributed by atoms with E-state index in [2.05, 4.69) is 52.4 Å². The summed E-state index contributed by atoms with van der Waals surface area (Å²) >= 11 is 6.52. The van der Waals surface area contributed by atoms with Gasteiger partial charge in [0.25, 0.3) is 0 Å². The molecule has 140 valence electrons. The second-order valence-electron chi connectivity index (χ2n) is 7.34. The van der Waals surface area contributed by atoms with Crippen molar-refractivity contribution in [3.05, 3.63) is 47.1 Å². The molecule has 1 aliphatic heterocycles. The molecule has 0 aliphatic carbocycles. The van der Waals surface area contributed by atoms with E-state index in [1.165, 1.54) is 0 Å². The number of anilines is 2. The van der Waals surface area contributed by atoms with E-state index in [0.29, 0.717) is 6.04 Å². The van der Waals surface area contributed by atoms with Crippen molar-refractivity contribution in [2.75, 3.05) is 31.2 Å². The Kier molecular flexibility index (Phi) is 4.89. The summed E-state index contributed by atoms with van der Waals surface area (Å²) in [7, 11) is 2.17. The fourth-order valence-corrected chi connectivity index (χ4v) is 4.11. The molecule has 2 aromatic carbocycles. The van der Waals surface area contributed by atoms with Crippen LogP contribution in [0.25, 0.3) is 22.0 Å². The maximum Gasteiger partial charge on any atom is 0.220 e. The first-order valence-corrected chi connectivity index (χ1v) is 9.66. The standard InChI is InChI=1S/C21H24ClN5/c1-13-4-3-5-17(22)19(13)14-10-15-12-24-21(23)26-20(15)18(11-14)25-16-6-8-27(2)9-7-16/h3-5,10-12,16,25H,6-9H2,1-2H3,(H2,23,24,26). The number of hydrogen-bond acceptors (Lipinski definition) is 5. The molecule has 4 rings (SSSR count). The number of halogens is 1. The lowest BCUT2D eigenvalue weighted by Crippen LogP contribution is -2.36. The molecule has 0 bridgehead atoms. The molecule has 0 atom stereocenters. The van der Waals surface area contributed by atoms with Crippen LogP contribution in [-0.4, -0.2) is 41.0 Å². The van der Waals surface area contributed by atoms with Crippen LogP contribution in [0.3, 0.4) is 0 Å². The summed E-state index contributed by atoms with van der Waals surface area (Å²) in [5, 5.41) is 5.41. The highest BCUT2D eigenvalue weighted by Gasteiger charge is 2.19. The summed E-state index contributed by atoms with van der Waals surface area (Å²) in [6.45, 7) is 4.26. The molecule has 2 heterocycles. The molecule has 1 aliphatic rings. The van der Waals surface area contributed by atoms with Crippen molar-refractivity contribution in [2.24, 2.45) is 0 Å². The Bertz CT molecular complexity index is 959. The maximum atomic E-state index is 6.52. The fraction of sp³-hybridized carbons (Fsp3) is 0.333. The quantitative estimate of drug-likeness (QED) is 0.706. The number of benzene rings is 2. The lowest BCUT2D eigenvalue weighted by Gasteiger charge is -2.30. The van der Waals surface area contributed by atoms with Crippen molar-refractivity contribution in [1.29, 1.82) is 0 Å². The first kappa shape index (κ1) is 18.0. The zero-order valence-electron chi connectivity index (χ0n) is 15.7. The summed E-state index contributed by atoms with van der Waals surface area (Å²) in [5.74, 6) is 0.288. The van der Waals surface area contributed by atoms with Crippen LogP contribution in [0.5, 0.6) is 0 Å². The van der Waals surface area contributed by atoms with Gasteiger partial charge in [-0.2, -0.15) is 0 Å². The predicted octanol–water partition coefficient (Wildman–Crippen LogP) is 4.35. The Balaban J connectivity index is 1.81. The van der Waals surface area contributed by atoms with Gasteiger partial charge in [-0.15, -0.1) is 0 Å². The molecule has 6 heteroatoms. The molecule has 3 N–H and O–H groups in total. The van der Waals surface area contributed by atoms with Gasteiger partial charge in [-0.25, -0.2) is 9.97 Å². The zero-order valence-corrected chi connectivity index (χ0v) is 16.4. The van der Waals surface area contributed by atoms with Crippen LogP contribution in [0, 0.1) is 6.92 Å². The number of nitrogens with two attached hydrogens (primary N) is 1. The number of rotatable bonds is 3. The molecule has 0 amide bonds. The van der Waals surface area contributed by atoms with Gasteiger partial charge in [0.1, 0.15) is 0 Å². The normalized spacial score (nSPS) is 16.0. The van der Waals surface area contributed by atoms with E-state index in [0.717, 1.165) is 64.2 Å². The number of aromatic nitrogens is 2. The van der Waals surface area contributed by atoms with Crippen LogP contribution in [-0.2, 0) is 0 Å². The molecular weight excluding hydrogens is 358 g/mol.